The number of para-hydroxylation sites is 1. The van der Waals surface area contributed by atoms with Gasteiger partial charge in [0.05, 0.1) is 11.4 Å². The summed E-state index contributed by atoms with van der Waals surface area (Å²) in [5, 5.41) is 0.717. The van der Waals surface area contributed by atoms with Crippen LogP contribution in [0.1, 0.15) is 17.1 Å². The topological polar surface area (TPSA) is 55.6 Å². The maximum absolute atomic E-state index is 6.06. The highest BCUT2D eigenvalue weighted by atomic mass is 35.5. The van der Waals surface area contributed by atoms with Crippen molar-refractivity contribution < 1.29 is 0 Å². The maximum Gasteiger partial charge on any atom is 0.183 e. The summed E-state index contributed by atoms with van der Waals surface area (Å²) in [5.41, 5.74) is 8.89. The van der Waals surface area contributed by atoms with Crippen molar-refractivity contribution in [1.82, 2.24) is 19.6 Å². The van der Waals surface area contributed by atoms with E-state index in [1.54, 1.807) is 0 Å². The molecule has 0 saturated carbocycles. The van der Waals surface area contributed by atoms with Crippen LogP contribution < -0.4 is 5.43 Å². The number of nitrogens with one attached hydrogen (secondary N) is 1. The summed E-state index contributed by atoms with van der Waals surface area (Å²) in [6.45, 7) is 1.97. The highest BCUT2D eigenvalue weighted by molar-refractivity contribution is 6.30. The molecule has 152 valence electrons. The molecule has 0 bridgehead atoms. The van der Waals surface area contributed by atoms with Crippen LogP contribution in [0.4, 0.5) is 5.69 Å². The monoisotopic (exact) mass is 425 g/mol. The molecule has 0 unspecified atom stereocenters. The molecule has 3 aromatic carbocycles. The Kier molecular flexibility index (Phi) is 5.10. The Hall–Kier alpha value is -3.70. The average Bonchev–Trinajstić information content (AvgIpc) is 3.14. The second kappa shape index (κ2) is 8.20. The van der Waals surface area contributed by atoms with Gasteiger partial charge in [-0.25, -0.2) is 19.6 Å². The third-order valence-corrected chi connectivity index (χ3v) is 5.32. The van der Waals surface area contributed by atoms with E-state index in [9.17, 15) is 0 Å². The molecule has 0 spiro atoms. The van der Waals surface area contributed by atoms with Gasteiger partial charge in [0.15, 0.2) is 11.5 Å². The molecule has 2 aromatic heterocycles. The number of rotatable bonds is 5. The van der Waals surface area contributed by atoms with E-state index in [0.29, 0.717) is 17.3 Å². The van der Waals surface area contributed by atoms with E-state index in [4.69, 9.17) is 26.6 Å². The normalized spacial score (nSPS) is 11.0. The molecule has 5 aromatic rings. The minimum absolute atomic E-state index is 0.632. The Morgan fingerprint density at radius 1 is 0.806 bits per heavy atom. The van der Waals surface area contributed by atoms with Gasteiger partial charge >= 0.3 is 0 Å². The van der Waals surface area contributed by atoms with E-state index >= 15 is 0 Å². The van der Waals surface area contributed by atoms with Crippen LogP contribution >= 0.6 is 11.6 Å². The van der Waals surface area contributed by atoms with Gasteiger partial charge in [0.25, 0.3) is 0 Å². The minimum atomic E-state index is 0.632. The molecule has 0 aliphatic heterocycles. The molecule has 5 nitrogen and oxygen atoms in total. The van der Waals surface area contributed by atoms with Crippen molar-refractivity contribution in [2.45, 2.75) is 13.3 Å². The van der Waals surface area contributed by atoms with E-state index < -0.39 is 0 Å². The second-order valence-corrected chi connectivity index (χ2v) is 7.75. The molecule has 0 aliphatic carbocycles. The first-order chi connectivity index (χ1) is 15.2. The summed E-state index contributed by atoms with van der Waals surface area (Å²) in [5.74, 6) is 1.53. The number of aromatic nitrogens is 4. The lowest BCUT2D eigenvalue weighted by atomic mass is 10.1. The quantitative estimate of drug-likeness (QED) is 0.379. The van der Waals surface area contributed by atoms with Crippen LogP contribution in [-0.2, 0) is 6.42 Å². The lowest BCUT2D eigenvalue weighted by Gasteiger charge is -2.12. The SMILES string of the molecule is Cc1nc(-c2ccccc2)nc2c1nc(Cc1ccc(Cl)cc1)n2Nc1ccccc1. The summed E-state index contributed by atoms with van der Waals surface area (Å²) < 4.78 is 1.96. The van der Waals surface area contributed by atoms with Crippen LogP contribution in [0.2, 0.25) is 5.02 Å². The zero-order chi connectivity index (χ0) is 21.2. The first kappa shape index (κ1) is 19.3. The number of aryl methyl sites for hydroxylation is 1. The highest BCUT2D eigenvalue weighted by Crippen LogP contribution is 2.24. The smallest absolute Gasteiger partial charge is 0.183 e. The molecule has 0 fully saturated rings. The third-order valence-electron chi connectivity index (χ3n) is 5.07. The fourth-order valence-electron chi connectivity index (χ4n) is 3.52. The average molecular weight is 426 g/mol. The molecule has 0 amide bonds. The van der Waals surface area contributed by atoms with Crippen LogP contribution in [0.5, 0.6) is 0 Å². The minimum Gasteiger partial charge on any atom is -0.291 e. The molecular weight excluding hydrogens is 406 g/mol. The standard InChI is InChI=1S/C25H20ClN5/c1-17-23-25(29-24(27-17)19-8-4-2-5-9-19)31(30-21-10-6-3-7-11-21)22(28-23)16-18-12-14-20(26)15-13-18/h2-15,30H,16H2,1H3. The maximum atomic E-state index is 6.06. The van der Waals surface area contributed by atoms with Crippen molar-refractivity contribution in [3.63, 3.8) is 0 Å². The van der Waals surface area contributed by atoms with Crippen molar-refractivity contribution in [2.75, 3.05) is 5.43 Å². The van der Waals surface area contributed by atoms with Gasteiger partial charge < -0.3 is 0 Å². The number of imidazole rings is 1. The third kappa shape index (κ3) is 4.00. The molecule has 0 atom stereocenters. The van der Waals surface area contributed by atoms with Crippen LogP contribution in [0, 0.1) is 6.92 Å². The van der Waals surface area contributed by atoms with Gasteiger partial charge in [0, 0.05) is 17.0 Å². The molecule has 0 saturated heterocycles. The lowest BCUT2D eigenvalue weighted by molar-refractivity contribution is 0.865. The van der Waals surface area contributed by atoms with Crippen molar-refractivity contribution >= 4 is 28.5 Å². The number of halogens is 1. The van der Waals surface area contributed by atoms with Crippen molar-refractivity contribution in [2.24, 2.45) is 0 Å². The molecule has 31 heavy (non-hydrogen) atoms. The number of fused-ring (bicyclic) bond motifs is 1. The molecule has 0 radical (unpaired) electrons. The summed E-state index contributed by atoms with van der Waals surface area (Å²) in [7, 11) is 0. The summed E-state index contributed by atoms with van der Waals surface area (Å²) >= 11 is 6.06. The Morgan fingerprint density at radius 3 is 2.19 bits per heavy atom. The van der Waals surface area contributed by atoms with E-state index in [-0.39, 0.29) is 0 Å². The van der Waals surface area contributed by atoms with Crippen LogP contribution in [0.3, 0.4) is 0 Å². The first-order valence-electron chi connectivity index (χ1n) is 10.1. The van der Waals surface area contributed by atoms with Crippen LogP contribution in [0.25, 0.3) is 22.6 Å². The number of hydrogen-bond donors (Lipinski definition) is 1. The zero-order valence-corrected chi connectivity index (χ0v) is 17.7. The van der Waals surface area contributed by atoms with Crippen molar-refractivity contribution in [3.8, 4) is 11.4 Å². The first-order valence-corrected chi connectivity index (χ1v) is 10.4. The van der Waals surface area contributed by atoms with E-state index in [0.717, 1.165) is 39.5 Å². The molecule has 0 aliphatic rings. The predicted octanol–water partition coefficient (Wildman–Crippen LogP) is 5.92. The number of benzene rings is 3. The Balaban J connectivity index is 1.66. The molecule has 6 heteroatoms. The molecule has 5 rings (SSSR count). The fraction of sp³-hybridized carbons (Fsp3) is 0.0800. The Bertz CT molecular complexity index is 1330. The van der Waals surface area contributed by atoms with Gasteiger partial charge in [-0.05, 0) is 36.8 Å². The van der Waals surface area contributed by atoms with Crippen LogP contribution in [0.15, 0.2) is 84.9 Å². The van der Waals surface area contributed by atoms with Crippen molar-refractivity contribution in [3.05, 3.63) is 107 Å². The van der Waals surface area contributed by atoms with Gasteiger partial charge in [-0.15, -0.1) is 0 Å². The van der Waals surface area contributed by atoms with Crippen LogP contribution in [-0.4, -0.2) is 19.6 Å². The summed E-state index contributed by atoms with van der Waals surface area (Å²) in [6.07, 6.45) is 0.632. The van der Waals surface area contributed by atoms with Gasteiger partial charge in [-0.1, -0.05) is 72.3 Å². The van der Waals surface area contributed by atoms with Gasteiger partial charge in [-0.2, -0.15) is 0 Å². The Labute approximate surface area is 185 Å². The van der Waals surface area contributed by atoms with Gasteiger partial charge in [0.1, 0.15) is 11.3 Å². The van der Waals surface area contributed by atoms with Gasteiger partial charge in [-0.3, -0.25) is 5.43 Å². The molecule has 1 N–H and O–H groups in total. The Morgan fingerprint density at radius 2 is 1.48 bits per heavy atom. The summed E-state index contributed by atoms with van der Waals surface area (Å²) in [6, 6.07) is 27.8. The number of hydrogen-bond acceptors (Lipinski definition) is 4. The number of nitrogens with zero attached hydrogens (tertiary/aromatic N) is 4. The molecular formula is C25H20ClN5. The zero-order valence-electron chi connectivity index (χ0n) is 17.0. The second-order valence-electron chi connectivity index (χ2n) is 7.32. The van der Waals surface area contributed by atoms with E-state index in [1.807, 2.05) is 96.5 Å². The molecule has 2 heterocycles. The fourth-order valence-corrected chi connectivity index (χ4v) is 3.64. The highest BCUT2D eigenvalue weighted by Gasteiger charge is 2.17. The van der Waals surface area contributed by atoms with E-state index in [1.165, 1.54) is 0 Å². The van der Waals surface area contributed by atoms with Gasteiger partial charge in [0.2, 0.25) is 0 Å². The largest absolute Gasteiger partial charge is 0.291 e. The summed E-state index contributed by atoms with van der Waals surface area (Å²) in [4.78, 5) is 14.5. The predicted molar refractivity (Wildman–Crippen MR) is 125 cm³/mol. The van der Waals surface area contributed by atoms with Crippen molar-refractivity contribution in [1.29, 1.82) is 0 Å². The van der Waals surface area contributed by atoms with E-state index in [2.05, 4.69) is 5.43 Å². The number of anilines is 1. The lowest BCUT2D eigenvalue weighted by Crippen LogP contribution is -2.14.